The number of hydrogen-bond acceptors (Lipinski definition) is 2. The highest BCUT2D eigenvalue weighted by molar-refractivity contribution is 7.79. The second kappa shape index (κ2) is 6.41. The Morgan fingerprint density at radius 1 is 1.33 bits per heavy atom. The molecule has 2 unspecified atom stereocenters. The van der Waals surface area contributed by atoms with E-state index in [1.165, 1.54) is 12.1 Å². The summed E-state index contributed by atoms with van der Waals surface area (Å²) in [6.07, 6.45) is 2.76. The minimum Gasteiger partial charge on any atom is -0.317 e. The van der Waals surface area contributed by atoms with Gasteiger partial charge in [0.2, 0.25) is 0 Å². The van der Waals surface area contributed by atoms with Gasteiger partial charge >= 0.3 is 0 Å². The molecule has 0 radical (unpaired) electrons. The third-order valence-corrected chi connectivity index (χ3v) is 4.44. The molecule has 1 aromatic carbocycles. The lowest BCUT2D eigenvalue weighted by atomic mass is 9.91. The second-order valence-electron chi connectivity index (χ2n) is 4.75. The van der Waals surface area contributed by atoms with Gasteiger partial charge < -0.3 is 9.87 Å². The molecule has 2 rings (SSSR count). The highest BCUT2D eigenvalue weighted by Gasteiger charge is 2.24. The lowest BCUT2D eigenvalue weighted by Gasteiger charge is -2.25. The molecule has 1 aliphatic rings. The molecule has 100 valence electrons. The van der Waals surface area contributed by atoms with Gasteiger partial charge in [0, 0.05) is 0 Å². The summed E-state index contributed by atoms with van der Waals surface area (Å²) in [6.45, 7) is 1.94. The van der Waals surface area contributed by atoms with Crippen molar-refractivity contribution < 1.29 is 13.2 Å². The zero-order chi connectivity index (χ0) is 13.0. The average Bonchev–Trinajstić information content (AvgIpc) is 2.38. The van der Waals surface area contributed by atoms with E-state index in [1.54, 1.807) is 12.1 Å². The average molecular weight is 271 g/mol. The normalized spacial score (nSPS) is 20.6. The van der Waals surface area contributed by atoms with Crippen molar-refractivity contribution >= 4 is 11.1 Å². The highest BCUT2D eigenvalue weighted by Crippen LogP contribution is 2.30. The molecule has 1 aromatic rings. The SMILES string of the molecule is O=S(O)C(CC1CCNCC1)c1ccc(F)cc1. The highest BCUT2D eigenvalue weighted by atomic mass is 32.2. The molecule has 0 aromatic heterocycles. The van der Waals surface area contributed by atoms with Crippen molar-refractivity contribution in [2.75, 3.05) is 13.1 Å². The third kappa shape index (κ3) is 3.60. The van der Waals surface area contributed by atoms with Gasteiger partial charge in [0.15, 0.2) is 11.1 Å². The maximum Gasteiger partial charge on any atom is 0.160 e. The van der Waals surface area contributed by atoms with Crippen LogP contribution in [-0.2, 0) is 11.1 Å². The van der Waals surface area contributed by atoms with E-state index < -0.39 is 16.3 Å². The summed E-state index contributed by atoms with van der Waals surface area (Å²) in [5, 5.41) is 2.87. The lowest BCUT2D eigenvalue weighted by molar-refractivity contribution is 0.347. The molecule has 1 aliphatic heterocycles. The van der Waals surface area contributed by atoms with Crippen LogP contribution in [-0.4, -0.2) is 21.9 Å². The molecule has 1 heterocycles. The van der Waals surface area contributed by atoms with Crippen LogP contribution in [0.1, 0.15) is 30.1 Å². The second-order valence-corrected chi connectivity index (χ2v) is 5.87. The molecule has 1 fully saturated rings. The van der Waals surface area contributed by atoms with Crippen molar-refractivity contribution in [3.05, 3.63) is 35.6 Å². The summed E-state index contributed by atoms with van der Waals surface area (Å²) in [5.41, 5.74) is 0.746. The van der Waals surface area contributed by atoms with Crippen LogP contribution in [0.5, 0.6) is 0 Å². The Labute approximate surface area is 109 Å². The number of benzene rings is 1. The van der Waals surface area contributed by atoms with Gasteiger partial charge in [-0.25, -0.2) is 8.60 Å². The first-order chi connectivity index (χ1) is 8.66. The molecule has 0 bridgehead atoms. The first kappa shape index (κ1) is 13.6. The van der Waals surface area contributed by atoms with Crippen molar-refractivity contribution in [3.63, 3.8) is 0 Å². The predicted molar refractivity (Wildman–Crippen MR) is 70.1 cm³/mol. The van der Waals surface area contributed by atoms with Gasteiger partial charge in [-0.3, -0.25) is 0 Å². The lowest BCUT2D eigenvalue weighted by Crippen LogP contribution is -2.29. The first-order valence-corrected chi connectivity index (χ1v) is 7.39. The molecular weight excluding hydrogens is 253 g/mol. The molecule has 18 heavy (non-hydrogen) atoms. The zero-order valence-corrected chi connectivity index (χ0v) is 11.0. The van der Waals surface area contributed by atoms with E-state index in [0.717, 1.165) is 31.5 Å². The minimum atomic E-state index is -1.91. The summed E-state index contributed by atoms with van der Waals surface area (Å²) >= 11 is -1.91. The number of nitrogens with one attached hydrogen (secondary N) is 1. The van der Waals surface area contributed by atoms with Crippen molar-refractivity contribution in [2.24, 2.45) is 5.92 Å². The molecule has 5 heteroatoms. The van der Waals surface area contributed by atoms with Gasteiger partial charge in [0.1, 0.15) is 5.82 Å². The van der Waals surface area contributed by atoms with E-state index >= 15 is 0 Å². The fraction of sp³-hybridized carbons (Fsp3) is 0.538. The van der Waals surface area contributed by atoms with Gasteiger partial charge in [0.05, 0.1) is 5.25 Å². The van der Waals surface area contributed by atoms with E-state index in [1.807, 2.05) is 0 Å². The van der Waals surface area contributed by atoms with Crippen molar-refractivity contribution in [2.45, 2.75) is 24.5 Å². The minimum absolute atomic E-state index is 0.317. The summed E-state index contributed by atoms with van der Waals surface area (Å²) in [7, 11) is 0. The molecular formula is C13H18FNO2S. The van der Waals surface area contributed by atoms with Crippen LogP contribution in [0.3, 0.4) is 0 Å². The Morgan fingerprint density at radius 2 is 1.94 bits per heavy atom. The first-order valence-electron chi connectivity index (χ1n) is 6.22. The monoisotopic (exact) mass is 271 g/mol. The Balaban J connectivity index is 2.07. The fourth-order valence-electron chi connectivity index (χ4n) is 2.43. The Hall–Kier alpha value is -0.780. The van der Waals surface area contributed by atoms with Crippen LogP contribution < -0.4 is 5.32 Å². The smallest absolute Gasteiger partial charge is 0.160 e. The maximum absolute atomic E-state index is 12.9. The summed E-state index contributed by atoms with van der Waals surface area (Å²) < 4.78 is 33.8. The molecule has 0 spiro atoms. The van der Waals surface area contributed by atoms with E-state index in [9.17, 15) is 13.2 Å². The molecule has 0 saturated carbocycles. The van der Waals surface area contributed by atoms with Crippen LogP contribution in [0, 0.1) is 11.7 Å². The molecule has 2 atom stereocenters. The predicted octanol–water partition coefficient (Wildman–Crippen LogP) is 2.48. The molecule has 0 amide bonds. The molecule has 0 aliphatic carbocycles. The maximum atomic E-state index is 12.9. The van der Waals surface area contributed by atoms with E-state index in [4.69, 9.17) is 0 Å². The van der Waals surface area contributed by atoms with Crippen LogP contribution in [0.15, 0.2) is 24.3 Å². The van der Waals surface area contributed by atoms with Gasteiger partial charge in [-0.15, -0.1) is 0 Å². The summed E-state index contributed by atoms with van der Waals surface area (Å²) in [6, 6.07) is 5.90. The number of hydrogen-bond donors (Lipinski definition) is 2. The van der Waals surface area contributed by atoms with E-state index in [0.29, 0.717) is 12.3 Å². The van der Waals surface area contributed by atoms with Crippen LogP contribution in [0.4, 0.5) is 4.39 Å². The van der Waals surface area contributed by atoms with Crippen molar-refractivity contribution in [1.29, 1.82) is 0 Å². The molecule has 2 N–H and O–H groups in total. The van der Waals surface area contributed by atoms with Gasteiger partial charge in [0.25, 0.3) is 0 Å². The Kier molecular flexibility index (Phi) is 4.86. The van der Waals surface area contributed by atoms with E-state index in [-0.39, 0.29) is 5.82 Å². The van der Waals surface area contributed by atoms with Gasteiger partial charge in [-0.1, -0.05) is 12.1 Å². The Morgan fingerprint density at radius 3 is 2.50 bits per heavy atom. The largest absolute Gasteiger partial charge is 0.317 e. The topological polar surface area (TPSA) is 49.3 Å². The summed E-state index contributed by atoms with van der Waals surface area (Å²) in [5.74, 6) is 0.153. The third-order valence-electron chi connectivity index (χ3n) is 3.49. The quantitative estimate of drug-likeness (QED) is 0.827. The van der Waals surface area contributed by atoms with E-state index in [2.05, 4.69) is 5.32 Å². The fourth-order valence-corrected chi connectivity index (χ4v) is 3.26. The van der Waals surface area contributed by atoms with Crippen LogP contribution in [0.25, 0.3) is 0 Å². The molecule has 1 saturated heterocycles. The van der Waals surface area contributed by atoms with Crippen LogP contribution >= 0.6 is 0 Å². The zero-order valence-electron chi connectivity index (χ0n) is 10.1. The number of piperidine rings is 1. The number of halogens is 1. The van der Waals surface area contributed by atoms with Gasteiger partial charge in [-0.05, 0) is 56.0 Å². The van der Waals surface area contributed by atoms with Crippen LogP contribution in [0.2, 0.25) is 0 Å². The standard InChI is InChI=1S/C13H18FNO2S/c14-12-3-1-11(2-4-12)13(18(16)17)9-10-5-7-15-8-6-10/h1-4,10,13,15H,5-9H2,(H,16,17). The van der Waals surface area contributed by atoms with Crippen molar-refractivity contribution in [1.82, 2.24) is 5.32 Å². The Bertz CT molecular complexity index is 404. The molecule has 3 nitrogen and oxygen atoms in total. The van der Waals surface area contributed by atoms with Crippen molar-refractivity contribution in [3.8, 4) is 0 Å². The number of rotatable bonds is 4. The summed E-state index contributed by atoms with van der Waals surface area (Å²) in [4.78, 5) is 0. The van der Waals surface area contributed by atoms with Gasteiger partial charge in [-0.2, -0.15) is 0 Å².